The number of piperazine rings is 1. The normalized spacial score (nSPS) is 16.8. The second-order valence-corrected chi connectivity index (χ2v) is 11.5. The third-order valence-corrected chi connectivity index (χ3v) is 8.85. The molecule has 5 rings (SSSR count). The molecule has 2 fully saturated rings. The van der Waals surface area contributed by atoms with Gasteiger partial charge in [-0.05, 0) is 42.3 Å². The summed E-state index contributed by atoms with van der Waals surface area (Å²) < 4.78 is 1.97. The number of carbonyl (C=O) groups is 1. The van der Waals surface area contributed by atoms with E-state index in [9.17, 15) is 14.9 Å². The molecular weight excluding hydrogens is 550 g/mol. The first-order valence-corrected chi connectivity index (χ1v) is 14.1. The van der Waals surface area contributed by atoms with Crippen LogP contribution in [0, 0.1) is 18.3 Å². The molecule has 0 saturated carbocycles. The molecule has 0 atom stereocenters. The third-order valence-electron chi connectivity index (χ3n) is 7.10. The van der Waals surface area contributed by atoms with Crippen LogP contribution in [0.1, 0.15) is 22.3 Å². The van der Waals surface area contributed by atoms with Crippen molar-refractivity contribution in [1.29, 1.82) is 5.26 Å². The second kappa shape index (κ2) is 11.3. The standard InChI is InChI=1S/C29H26ClN5O2S2/c1-19-22(16-25-28(37)35(29(38)39-25)18-20-8-6-7-11-24(20)30)26(32(2)27(36)23(19)17-31)34-14-12-33(13-15-34)21-9-4-3-5-10-21/h3-11,16H,12-15,18H2,1-2H3. The minimum atomic E-state index is -0.348. The Morgan fingerprint density at radius 1 is 1.03 bits per heavy atom. The Balaban J connectivity index is 1.50. The van der Waals surface area contributed by atoms with Crippen LogP contribution >= 0.6 is 35.6 Å². The summed E-state index contributed by atoms with van der Waals surface area (Å²) in [7, 11) is 1.68. The largest absolute Gasteiger partial charge is 0.368 e. The number of pyridine rings is 1. The van der Waals surface area contributed by atoms with E-state index >= 15 is 0 Å². The Morgan fingerprint density at radius 3 is 2.33 bits per heavy atom. The minimum absolute atomic E-state index is 0.0713. The summed E-state index contributed by atoms with van der Waals surface area (Å²) in [5, 5.41) is 10.3. The minimum Gasteiger partial charge on any atom is -0.368 e. The number of thiocarbonyl (C=S) groups is 1. The fourth-order valence-corrected chi connectivity index (χ4v) is 6.41. The average molecular weight is 576 g/mol. The molecule has 0 bridgehead atoms. The average Bonchev–Trinajstić information content (AvgIpc) is 3.21. The maximum Gasteiger partial charge on any atom is 0.270 e. The van der Waals surface area contributed by atoms with Gasteiger partial charge in [0.05, 0.1) is 11.4 Å². The highest BCUT2D eigenvalue weighted by molar-refractivity contribution is 8.26. The van der Waals surface area contributed by atoms with Crippen LogP contribution in [0.2, 0.25) is 5.02 Å². The van der Waals surface area contributed by atoms with E-state index in [1.807, 2.05) is 36.4 Å². The number of halogens is 1. The number of para-hydroxylation sites is 1. The van der Waals surface area contributed by atoms with E-state index in [1.165, 1.54) is 21.2 Å². The molecule has 1 aromatic heterocycles. The highest BCUT2D eigenvalue weighted by atomic mass is 35.5. The molecule has 2 aromatic carbocycles. The SMILES string of the molecule is Cc1c(C=C2SC(=S)N(Cc3ccccc3Cl)C2=O)c(N2CCN(c3ccccc3)CC2)n(C)c(=O)c1C#N. The van der Waals surface area contributed by atoms with Gasteiger partial charge in [0.15, 0.2) is 0 Å². The lowest BCUT2D eigenvalue weighted by atomic mass is 10.0. The summed E-state index contributed by atoms with van der Waals surface area (Å²) in [6, 6.07) is 19.7. The molecule has 0 N–H and O–H groups in total. The maximum atomic E-state index is 13.5. The van der Waals surface area contributed by atoms with Gasteiger partial charge in [-0.2, -0.15) is 5.26 Å². The molecule has 0 unspecified atom stereocenters. The van der Waals surface area contributed by atoms with Crippen molar-refractivity contribution >= 4 is 63.4 Å². The van der Waals surface area contributed by atoms with Gasteiger partial charge < -0.3 is 9.80 Å². The van der Waals surface area contributed by atoms with Crippen LogP contribution in [-0.4, -0.2) is 45.9 Å². The molecule has 39 heavy (non-hydrogen) atoms. The van der Waals surface area contributed by atoms with Crippen LogP contribution in [0.4, 0.5) is 11.5 Å². The van der Waals surface area contributed by atoms with Gasteiger partial charge >= 0.3 is 0 Å². The Labute approximate surface area is 241 Å². The number of amides is 1. The van der Waals surface area contributed by atoms with Crippen molar-refractivity contribution in [3.05, 3.63) is 97.1 Å². The summed E-state index contributed by atoms with van der Waals surface area (Å²) in [5.74, 6) is 0.470. The van der Waals surface area contributed by atoms with Gasteiger partial charge in [-0.25, -0.2) is 0 Å². The molecule has 3 aromatic rings. The van der Waals surface area contributed by atoms with Crippen LogP contribution in [0.25, 0.3) is 6.08 Å². The molecule has 0 radical (unpaired) electrons. The third kappa shape index (κ3) is 5.20. The molecule has 1 amide bonds. The van der Waals surface area contributed by atoms with E-state index in [4.69, 9.17) is 23.8 Å². The molecule has 198 valence electrons. The molecule has 3 heterocycles. The Kier molecular flexibility index (Phi) is 7.80. The number of aromatic nitrogens is 1. The van der Waals surface area contributed by atoms with E-state index in [0.29, 0.717) is 44.3 Å². The quantitative estimate of drug-likeness (QED) is 0.315. The highest BCUT2D eigenvalue weighted by Crippen LogP contribution is 2.37. The number of nitrogens with zero attached hydrogens (tertiary/aromatic N) is 5. The van der Waals surface area contributed by atoms with E-state index in [2.05, 4.69) is 28.0 Å². The Bertz CT molecular complexity index is 1590. The molecule has 0 spiro atoms. The van der Waals surface area contributed by atoms with Crippen molar-refractivity contribution < 1.29 is 4.79 Å². The maximum absolute atomic E-state index is 13.5. The van der Waals surface area contributed by atoms with Gasteiger partial charge in [-0.1, -0.05) is 72.0 Å². The first kappa shape index (κ1) is 27.0. The molecular formula is C29H26ClN5O2S2. The predicted octanol–water partition coefficient (Wildman–Crippen LogP) is 4.95. The predicted molar refractivity (Wildman–Crippen MR) is 162 cm³/mol. The number of hydrogen-bond acceptors (Lipinski definition) is 7. The van der Waals surface area contributed by atoms with Crippen LogP contribution in [-0.2, 0) is 18.4 Å². The first-order chi connectivity index (χ1) is 18.8. The number of hydrogen-bond donors (Lipinski definition) is 0. The van der Waals surface area contributed by atoms with Crippen LogP contribution in [0.15, 0.2) is 64.3 Å². The van der Waals surface area contributed by atoms with Crippen molar-refractivity contribution in [3.63, 3.8) is 0 Å². The number of rotatable bonds is 5. The van der Waals surface area contributed by atoms with Crippen molar-refractivity contribution in [2.24, 2.45) is 7.05 Å². The van der Waals surface area contributed by atoms with Gasteiger partial charge in [-0.15, -0.1) is 0 Å². The molecule has 10 heteroatoms. The molecule has 2 aliphatic rings. The monoisotopic (exact) mass is 575 g/mol. The second-order valence-electron chi connectivity index (χ2n) is 9.38. The van der Waals surface area contributed by atoms with Gasteiger partial charge in [-0.3, -0.25) is 19.1 Å². The zero-order chi connectivity index (χ0) is 27.7. The lowest BCUT2D eigenvalue weighted by Crippen LogP contribution is -2.48. The van der Waals surface area contributed by atoms with E-state index in [-0.39, 0.29) is 23.6 Å². The summed E-state index contributed by atoms with van der Waals surface area (Å²) >= 11 is 13.1. The van der Waals surface area contributed by atoms with Gasteiger partial charge in [0.1, 0.15) is 21.8 Å². The van der Waals surface area contributed by atoms with Crippen LogP contribution in [0.5, 0.6) is 0 Å². The van der Waals surface area contributed by atoms with E-state index in [0.717, 1.165) is 24.3 Å². The van der Waals surface area contributed by atoms with Crippen molar-refractivity contribution in [1.82, 2.24) is 9.47 Å². The lowest BCUT2D eigenvalue weighted by molar-refractivity contribution is -0.122. The Hall–Kier alpha value is -3.58. The summed E-state index contributed by atoms with van der Waals surface area (Å²) in [6.45, 7) is 4.95. The summed E-state index contributed by atoms with van der Waals surface area (Å²) in [5.41, 5.74) is 2.92. The zero-order valence-electron chi connectivity index (χ0n) is 21.6. The molecule has 0 aliphatic carbocycles. The van der Waals surface area contributed by atoms with Crippen molar-refractivity contribution in [2.45, 2.75) is 13.5 Å². The number of nitriles is 1. The highest BCUT2D eigenvalue weighted by Gasteiger charge is 2.34. The van der Waals surface area contributed by atoms with E-state index < -0.39 is 0 Å². The summed E-state index contributed by atoms with van der Waals surface area (Å²) in [4.78, 5) is 33.1. The van der Waals surface area contributed by atoms with Crippen LogP contribution < -0.4 is 15.4 Å². The zero-order valence-corrected chi connectivity index (χ0v) is 23.9. The number of thioether (sulfide) groups is 1. The van der Waals surface area contributed by atoms with E-state index in [1.54, 1.807) is 26.1 Å². The van der Waals surface area contributed by atoms with Gasteiger partial charge in [0.2, 0.25) is 0 Å². The van der Waals surface area contributed by atoms with Gasteiger partial charge in [0, 0.05) is 49.5 Å². The van der Waals surface area contributed by atoms with Gasteiger partial charge in [0.25, 0.3) is 11.5 Å². The number of anilines is 2. The smallest absolute Gasteiger partial charge is 0.270 e. The molecule has 7 nitrogen and oxygen atoms in total. The fraction of sp³-hybridized carbons (Fsp3) is 0.241. The number of carbonyl (C=O) groups excluding carboxylic acids is 1. The van der Waals surface area contributed by atoms with Crippen molar-refractivity contribution in [2.75, 3.05) is 36.0 Å². The van der Waals surface area contributed by atoms with Crippen molar-refractivity contribution in [3.8, 4) is 6.07 Å². The summed E-state index contributed by atoms with van der Waals surface area (Å²) in [6.07, 6.45) is 1.78. The molecule has 2 aliphatic heterocycles. The number of benzene rings is 2. The fourth-order valence-electron chi connectivity index (χ4n) is 4.97. The lowest BCUT2D eigenvalue weighted by Gasteiger charge is -2.38. The Morgan fingerprint density at radius 2 is 1.67 bits per heavy atom. The van der Waals surface area contributed by atoms with Crippen LogP contribution in [0.3, 0.4) is 0 Å². The first-order valence-electron chi connectivity index (χ1n) is 12.5. The molecule has 2 saturated heterocycles. The topological polar surface area (TPSA) is 72.6 Å².